The van der Waals surface area contributed by atoms with Gasteiger partial charge in [-0.2, -0.15) is 0 Å². The lowest BCUT2D eigenvalue weighted by molar-refractivity contribution is 0.0993. The summed E-state index contributed by atoms with van der Waals surface area (Å²) < 4.78 is 10.5. The maximum absolute atomic E-state index is 12.7. The third-order valence-electron chi connectivity index (χ3n) is 3.73. The summed E-state index contributed by atoms with van der Waals surface area (Å²) in [5, 5.41) is 0. The van der Waals surface area contributed by atoms with E-state index >= 15 is 0 Å². The lowest BCUT2D eigenvalue weighted by Gasteiger charge is -2.19. The Labute approximate surface area is 133 Å². The van der Waals surface area contributed by atoms with Crippen LogP contribution in [-0.4, -0.2) is 37.1 Å². The highest BCUT2D eigenvalue weighted by molar-refractivity contribution is 6.07. The predicted molar refractivity (Wildman–Crippen MR) is 88.4 cm³/mol. The van der Waals surface area contributed by atoms with Crippen molar-refractivity contribution in [2.45, 2.75) is 0 Å². The lowest BCUT2D eigenvalue weighted by Crippen LogP contribution is -2.26. The summed E-state index contributed by atoms with van der Waals surface area (Å²) in [5.41, 5.74) is 2.96. The molecule has 0 fully saturated rings. The molecule has 0 aliphatic heterocycles. The molecule has 0 unspecified atom stereocenters. The number of benzene rings is 2. The number of amides is 1. The van der Waals surface area contributed by atoms with Crippen molar-refractivity contribution in [3.8, 4) is 11.5 Å². The zero-order valence-electron chi connectivity index (χ0n) is 13.2. The second-order valence-electron chi connectivity index (χ2n) is 5.04. The number of aromatic amines is 1. The molecular formula is C17H17N3O3. The molecule has 3 rings (SSSR count). The molecule has 0 spiro atoms. The molecule has 6 heteroatoms. The van der Waals surface area contributed by atoms with E-state index in [4.69, 9.17) is 9.47 Å². The lowest BCUT2D eigenvalue weighted by atomic mass is 10.1. The number of aromatic nitrogens is 2. The molecule has 0 aliphatic carbocycles. The predicted octanol–water partition coefficient (Wildman–Crippen LogP) is 2.86. The zero-order chi connectivity index (χ0) is 16.4. The van der Waals surface area contributed by atoms with Crippen molar-refractivity contribution in [3.63, 3.8) is 0 Å². The zero-order valence-corrected chi connectivity index (χ0v) is 13.2. The number of carbonyl (C=O) groups is 1. The summed E-state index contributed by atoms with van der Waals surface area (Å²) >= 11 is 0. The van der Waals surface area contributed by atoms with Crippen LogP contribution in [0.25, 0.3) is 11.0 Å². The number of hydrogen-bond acceptors (Lipinski definition) is 4. The van der Waals surface area contributed by atoms with Crippen LogP contribution in [0, 0.1) is 0 Å². The van der Waals surface area contributed by atoms with Crippen molar-refractivity contribution in [2.75, 3.05) is 26.2 Å². The van der Waals surface area contributed by atoms with Crippen molar-refractivity contribution in [1.29, 1.82) is 0 Å². The van der Waals surface area contributed by atoms with E-state index in [-0.39, 0.29) is 5.91 Å². The molecule has 1 aromatic heterocycles. The maximum atomic E-state index is 12.7. The number of methoxy groups -OCH3 is 2. The van der Waals surface area contributed by atoms with Gasteiger partial charge in [-0.1, -0.05) is 0 Å². The van der Waals surface area contributed by atoms with Crippen LogP contribution in [0.2, 0.25) is 0 Å². The van der Waals surface area contributed by atoms with Crippen molar-refractivity contribution in [3.05, 3.63) is 48.3 Å². The van der Waals surface area contributed by atoms with E-state index in [1.165, 1.54) is 0 Å². The van der Waals surface area contributed by atoms with Crippen LogP contribution in [0.1, 0.15) is 10.4 Å². The summed E-state index contributed by atoms with van der Waals surface area (Å²) in [7, 11) is 4.86. The summed E-state index contributed by atoms with van der Waals surface area (Å²) in [4.78, 5) is 21.4. The Kier molecular flexibility index (Phi) is 3.89. The van der Waals surface area contributed by atoms with Crippen molar-refractivity contribution >= 4 is 22.6 Å². The van der Waals surface area contributed by atoms with E-state index in [0.717, 1.165) is 16.7 Å². The molecule has 118 valence electrons. The van der Waals surface area contributed by atoms with Gasteiger partial charge in [0.05, 0.1) is 31.6 Å². The van der Waals surface area contributed by atoms with E-state index in [9.17, 15) is 4.79 Å². The van der Waals surface area contributed by atoms with Gasteiger partial charge in [0.15, 0.2) is 11.5 Å². The smallest absolute Gasteiger partial charge is 0.258 e. The number of ether oxygens (including phenoxy) is 2. The van der Waals surface area contributed by atoms with Gasteiger partial charge in [-0.05, 0) is 30.3 Å². The van der Waals surface area contributed by atoms with E-state index in [1.54, 1.807) is 56.8 Å². The highest BCUT2D eigenvalue weighted by atomic mass is 16.5. The van der Waals surface area contributed by atoms with E-state index in [2.05, 4.69) is 9.97 Å². The second-order valence-corrected chi connectivity index (χ2v) is 5.04. The molecule has 1 N–H and O–H groups in total. The van der Waals surface area contributed by atoms with Crippen molar-refractivity contribution in [1.82, 2.24) is 9.97 Å². The number of carbonyl (C=O) groups excluding carboxylic acids is 1. The Morgan fingerprint density at radius 3 is 2.61 bits per heavy atom. The van der Waals surface area contributed by atoms with Gasteiger partial charge in [0.1, 0.15) is 0 Å². The van der Waals surface area contributed by atoms with Crippen LogP contribution in [-0.2, 0) is 0 Å². The molecule has 0 radical (unpaired) electrons. The number of rotatable bonds is 4. The Hall–Kier alpha value is -3.02. The number of fused-ring (bicyclic) bond motifs is 1. The van der Waals surface area contributed by atoms with Crippen molar-refractivity contribution < 1.29 is 14.3 Å². The average Bonchev–Trinajstić information content (AvgIpc) is 3.07. The molecule has 0 saturated carbocycles. The number of nitrogens with one attached hydrogen (secondary N) is 1. The third-order valence-corrected chi connectivity index (χ3v) is 3.73. The fourth-order valence-electron chi connectivity index (χ4n) is 2.41. The van der Waals surface area contributed by atoms with Gasteiger partial charge in [0.25, 0.3) is 5.91 Å². The molecule has 3 aromatic rings. The Balaban J connectivity index is 1.92. The first-order valence-electron chi connectivity index (χ1n) is 7.07. The third kappa shape index (κ3) is 2.70. The number of hydrogen-bond donors (Lipinski definition) is 1. The molecule has 1 heterocycles. The quantitative estimate of drug-likeness (QED) is 0.804. The fourth-order valence-corrected chi connectivity index (χ4v) is 2.41. The molecule has 1 amide bonds. The minimum Gasteiger partial charge on any atom is -0.493 e. The summed E-state index contributed by atoms with van der Waals surface area (Å²) in [5.74, 6) is 1.08. The summed E-state index contributed by atoms with van der Waals surface area (Å²) in [6.07, 6.45) is 1.61. The Morgan fingerprint density at radius 1 is 1.09 bits per heavy atom. The molecule has 0 aliphatic rings. The molecule has 0 bridgehead atoms. The van der Waals surface area contributed by atoms with Crippen molar-refractivity contribution in [2.24, 2.45) is 0 Å². The van der Waals surface area contributed by atoms with Gasteiger partial charge >= 0.3 is 0 Å². The normalized spacial score (nSPS) is 10.6. The second kappa shape index (κ2) is 6.00. The number of imidazole rings is 1. The van der Waals surface area contributed by atoms with Crippen LogP contribution in [0.4, 0.5) is 5.69 Å². The number of anilines is 1. The molecule has 23 heavy (non-hydrogen) atoms. The number of nitrogens with zero attached hydrogens (tertiary/aromatic N) is 2. The largest absolute Gasteiger partial charge is 0.493 e. The Bertz CT molecular complexity index is 857. The first-order valence-corrected chi connectivity index (χ1v) is 7.07. The highest BCUT2D eigenvalue weighted by Gasteiger charge is 2.16. The first kappa shape index (κ1) is 14.9. The fraction of sp³-hybridized carbons (Fsp3) is 0.176. The SMILES string of the molecule is COc1ccc(N(C)C(=O)c2ccc3nc[nH]c3c2)cc1OC. The average molecular weight is 311 g/mol. The number of H-pyrrole nitrogens is 1. The van der Waals surface area contributed by atoms with Crippen LogP contribution in [0.5, 0.6) is 11.5 Å². The highest BCUT2D eigenvalue weighted by Crippen LogP contribution is 2.31. The van der Waals surface area contributed by atoms with Crippen LogP contribution >= 0.6 is 0 Å². The van der Waals surface area contributed by atoms with Crippen LogP contribution in [0.3, 0.4) is 0 Å². The van der Waals surface area contributed by atoms with Gasteiger partial charge in [-0.25, -0.2) is 4.98 Å². The van der Waals surface area contributed by atoms with Gasteiger partial charge < -0.3 is 19.4 Å². The molecule has 2 aromatic carbocycles. The van der Waals surface area contributed by atoms with Crippen LogP contribution in [0.15, 0.2) is 42.7 Å². The maximum Gasteiger partial charge on any atom is 0.258 e. The van der Waals surface area contributed by atoms with E-state index < -0.39 is 0 Å². The minimum absolute atomic E-state index is 0.117. The van der Waals surface area contributed by atoms with Gasteiger partial charge in [0, 0.05) is 24.4 Å². The topological polar surface area (TPSA) is 67.5 Å². The summed E-state index contributed by atoms with van der Waals surface area (Å²) in [6, 6.07) is 10.7. The van der Waals surface area contributed by atoms with Gasteiger partial charge in [-0.15, -0.1) is 0 Å². The monoisotopic (exact) mass is 311 g/mol. The van der Waals surface area contributed by atoms with E-state index in [0.29, 0.717) is 17.1 Å². The molecular weight excluding hydrogens is 294 g/mol. The summed E-state index contributed by atoms with van der Waals surface area (Å²) in [6.45, 7) is 0. The van der Waals surface area contributed by atoms with E-state index in [1.807, 2.05) is 12.1 Å². The minimum atomic E-state index is -0.117. The first-order chi connectivity index (χ1) is 11.1. The van der Waals surface area contributed by atoms with Crippen LogP contribution < -0.4 is 14.4 Å². The molecule has 0 atom stereocenters. The van der Waals surface area contributed by atoms with Gasteiger partial charge in [-0.3, -0.25) is 4.79 Å². The Morgan fingerprint density at radius 2 is 1.87 bits per heavy atom. The molecule has 6 nitrogen and oxygen atoms in total. The molecule has 0 saturated heterocycles. The standard InChI is InChI=1S/C17H17N3O3/c1-20(12-5-7-15(22-2)16(9-12)23-3)17(21)11-4-6-13-14(8-11)19-10-18-13/h4-10H,1-3H3,(H,18,19). The van der Waals surface area contributed by atoms with Gasteiger partial charge in [0.2, 0.25) is 0 Å².